The summed E-state index contributed by atoms with van der Waals surface area (Å²) in [7, 11) is 0. The van der Waals surface area contributed by atoms with Crippen LogP contribution in [-0.2, 0) is 11.3 Å². The molecule has 2 rings (SSSR count). The van der Waals surface area contributed by atoms with E-state index in [1.807, 2.05) is 18.2 Å². The van der Waals surface area contributed by atoms with Crippen LogP contribution in [0.3, 0.4) is 0 Å². The van der Waals surface area contributed by atoms with Crippen molar-refractivity contribution >= 4 is 5.91 Å². The Morgan fingerprint density at radius 1 is 1.32 bits per heavy atom. The number of carbonyl (C=O) groups excluding carboxylic acids is 1. The molecule has 0 saturated carbocycles. The predicted molar refractivity (Wildman–Crippen MR) is 68.8 cm³/mol. The van der Waals surface area contributed by atoms with Crippen LogP contribution in [0.2, 0.25) is 0 Å². The van der Waals surface area contributed by atoms with Crippen molar-refractivity contribution in [2.45, 2.75) is 25.5 Å². The van der Waals surface area contributed by atoms with Gasteiger partial charge in [-0.05, 0) is 6.42 Å². The summed E-state index contributed by atoms with van der Waals surface area (Å²) < 4.78 is 0. The van der Waals surface area contributed by atoms with Gasteiger partial charge in [-0.1, -0.05) is 30.3 Å². The number of aliphatic hydroxyl groups excluding tert-OH is 1. The van der Waals surface area contributed by atoms with E-state index in [9.17, 15) is 9.90 Å². The minimum absolute atomic E-state index is 0. The zero-order valence-corrected chi connectivity index (χ0v) is 11.7. The lowest BCUT2D eigenvalue weighted by Gasteiger charge is -2.18. The molecular formula is C14H21ClN2O2. The number of benzene rings is 1. The van der Waals surface area contributed by atoms with Gasteiger partial charge in [-0.15, -0.1) is 0 Å². The quantitative estimate of drug-likeness (QED) is 0.576. The van der Waals surface area contributed by atoms with E-state index in [1.165, 1.54) is 5.56 Å². The lowest BCUT2D eigenvalue weighted by atomic mass is 10.2. The van der Waals surface area contributed by atoms with Gasteiger partial charge < -0.3 is 27.7 Å². The van der Waals surface area contributed by atoms with Crippen LogP contribution in [0.1, 0.15) is 18.4 Å². The van der Waals surface area contributed by atoms with Gasteiger partial charge in [0.2, 0.25) is 5.91 Å². The third kappa shape index (κ3) is 5.19. The van der Waals surface area contributed by atoms with Gasteiger partial charge in [0.15, 0.2) is 0 Å². The first-order valence-electron chi connectivity index (χ1n) is 6.57. The fourth-order valence-electron chi connectivity index (χ4n) is 2.28. The summed E-state index contributed by atoms with van der Waals surface area (Å²) in [6.07, 6.45) is 1.13. The molecule has 106 valence electrons. The Morgan fingerprint density at radius 3 is 2.68 bits per heavy atom. The summed E-state index contributed by atoms with van der Waals surface area (Å²) in [5, 5.41) is 12.0. The normalized spacial score (nSPS) is 16.3. The average Bonchev–Trinajstić information content (AvgIpc) is 2.76. The maximum Gasteiger partial charge on any atom is 0.222 e. The number of hydrogen-bond donors (Lipinski definition) is 2. The Morgan fingerprint density at radius 2 is 2.05 bits per heavy atom. The molecule has 1 aliphatic heterocycles. The van der Waals surface area contributed by atoms with Gasteiger partial charge in [0, 0.05) is 18.5 Å². The lowest BCUT2D eigenvalue weighted by molar-refractivity contribution is -0.676. The first kappa shape index (κ1) is 16.0. The van der Waals surface area contributed by atoms with Crippen molar-refractivity contribution in [2.75, 3.05) is 19.6 Å². The smallest absolute Gasteiger partial charge is 0.222 e. The van der Waals surface area contributed by atoms with E-state index in [0.717, 1.165) is 19.5 Å². The fourth-order valence-corrected chi connectivity index (χ4v) is 2.28. The summed E-state index contributed by atoms with van der Waals surface area (Å²) in [4.78, 5) is 13.2. The second-order valence-corrected chi connectivity index (χ2v) is 4.81. The second-order valence-electron chi connectivity index (χ2n) is 4.81. The van der Waals surface area contributed by atoms with Crippen LogP contribution in [0, 0.1) is 0 Å². The standard InChI is InChI=1S/C14H20N2O2.ClH/c17-13(11-16-8-4-7-14(16)18)10-15-9-12-5-2-1-3-6-12;/h1-3,5-6,13,15,17H,4,7-11H2;1H. The van der Waals surface area contributed by atoms with Crippen molar-refractivity contribution in [3.8, 4) is 0 Å². The number of halogens is 1. The third-order valence-electron chi connectivity index (χ3n) is 3.26. The first-order chi connectivity index (χ1) is 8.75. The summed E-state index contributed by atoms with van der Waals surface area (Å²) in [6.45, 7) is 2.78. The van der Waals surface area contributed by atoms with Crippen molar-refractivity contribution in [3.63, 3.8) is 0 Å². The summed E-state index contributed by atoms with van der Waals surface area (Å²) >= 11 is 0. The van der Waals surface area contributed by atoms with E-state index < -0.39 is 6.10 Å². The van der Waals surface area contributed by atoms with Gasteiger partial charge in [-0.25, -0.2) is 0 Å². The number of likely N-dealkylation sites (tertiary alicyclic amines) is 1. The number of quaternary nitrogens is 1. The maximum atomic E-state index is 11.4. The molecule has 0 spiro atoms. The highest BCUT2D eigenvalue weighted by Crippen LogP contribution is 2.09. The van der Waals surface area contributed by atoms with E-state index in [4.69, 9.17) is 0 Å². The molecule has 1 heterocycles. The molecule has 0 aliphatic carbocycles. The minimum Gasteiger partial charge on any atom is -1.00 e. The molecule has 1 saturated heterocycles. The highest BCUT2D eigenvalue weighted by Gasteiger charge is 2.22. The van der Waals surface area contributed by atoms with Crippen molar-refractivity contribution in [3.05, 3.63) is 35.9 Å². The lowest BCUT2D eigenvalue weighted by Crippen LogP contribution is -3.00. The molecule has 1 aromatic carbocycles. The van der Waals surface area contributed by atoms with Crippen LogP contribution in [0.5, 0.6) is 0 Å². The molecule has 1 atom stereocenters. The number of rotatable bonds is 6. The van der Waals surface area contributed by atoms with Crippen molar-refractivity contribution in [1.82, 2.24) is 4.90 Å². The number of nitrogens with two attached hydrogens (primary N) is 1. The van der Waals surface area contributed by atoms with Gasteiger partial charge in [-0.2, -0.15) is 0 Å². The molecule has 1 amide bonds. The molecule has 0 aromatic heterocycles. The van der Waals surface area contributed by atoms with E-state index in [0.29, 0.717) is 19.5 Å². The largest absolute Gasteiger partial charge is 1.00 e. The molecule has 0 bridgehead atoms. The van der Waals surface area contributed by atoms with Crippen molar-refractivity contribution in [2.24, 2.45) is 0 Å². The van der Waals surface area contributed by atoms with Gasteiger partial charge >= 0.3 is 0 Å². The van der Waals surface area contributed by atoms with Crippen LogP contribution in [0.4, 0.5) is 0 Å². The van der Waals surface area contributed by atoms with Crippen LogP contribution >= 0.6 is 0 Å². The molecule has 3 N–H and O–H groups in total. The van der Waals surface area contributed by atoms with Gasteiger partial charge in [0.25, 0.3) is 0 Å². The summed E-state index contributed by atoms with van der Waals surface area (Å²) in [6, 6.07) is 10.2. The molecule has 1 aromatic rings. The number of carbonyl (C=O) groups is 1. The highest BCUT2D eigenvalue weighted by atomic mass is 35.5. The van der Waals surface area contributed by atoms with Gasteiger partial charge in [-0.3, -0.25) is 4.79 Å². The second kappa shape index (κ2) is 8.15. The molecule has 4 nitrogen and oxygen atoms in total. The summed E-state index contributed by atoms with van der Waals surface area (Å²) in [5.74, 6) is 0.178. The third-order valence-corrected chi connectivity index (χ3v) is 3.26. The number of amides is 1. The molecule has 1 unspecified atom stereocenters. The van der Waals surface area contributed by atoms with E-state index in [-0.39, 0.29) is 18.3 Å². The molecule has 1 fully saturated rings. The van der Waals surface area contributed by atoms with Crippen molar-refractivity contribution < 1.29 is 27.6 Å². The fraction of sp³-hybridized carbons (Fsp3) is 0.500. The van der Waals surface area contributed by atoms with Crippen LogP contribution in [0.15, 0.2) is 30.3 Å². The molecule has 0 radical (unpaired) electrons. The Hall–Kier alpha value is -1.10. The number of hydrogen-bond acceptors (Lipinski definition) is 2. The average molecular weight is 285 g/mol. The number of aliphatic hydroxyl groups is 1. The monoisotopic (exact) mass is 284 g/mol. The van der Waals surface area contributed by atoms with E-state index in [2.05, 4.69) is 17.4 Å². The van der Waals surface area contributed by atoms with Crippen LogP contribution in [0.25, 0.3) is 0 Å². The number of β-amino-alcohol motifs (C(OH)–C–C–N with tert-alkyl or cyclic N) is 1. The van der Waals surface area contributed by atoms with E-state index in [1.54, 1.807) is 4.90 Å². The van der Waals surface area contributed by atoms with Gasteiger partial charge in [0.05, 0.1) is 6.54 Å². The summed E-state index contributed by atoms with van der Waals surface area (Å²) in [5.41, 5.74) is 1.25. The van der Waals surface area contributed by atoms with Crippen LogP contribution in [-0.4, -0.2) is 41.7 Å². The zero-order valence-electron chi connectivity index (χ0n) is 11.0. The minimum atomic E-state index is -0.434. The van der Waals surface area contributed by atoms with Crippen LogP contribution < -0.4 is 17.7 Å². The number of nitrogens with zero attached hydrogens (tertiary/aromatic N) is 1. The predicted octanol–water partition coefficient (Wildman–Crippen LogP) is -3.26. The topological polar surface area (TPSA) is 57.2 Å². The first-order valence-corrected chi connectivity index (χ1v) is 6.57. The highest BCUT2D eigenvalue weighted by molar-refractivity contribution is 5.78. The Kier molecular flexibility index (Phi) is 6.84. The molecule has 19 heavy (non-hydrogen) atoms. The van der Waals surface area contributed by atoms with Gasteiger partial charge in [0.1, 0.15) is 19.2 Å². The maximum absolute atomic E-state index is 11.4. The molecule has 5 heteroatoms. The van der Waals surface area contributed by atoms with Crippen molar-refractivity contribution in [1.29, 1.82) is 0 Å². The Labute approximate surface area is 120 Å². The van der Waals surface area contributed by atoms with E-state index >= 15 is 0 Å². The molecule has 1 aliphatic rings. The Balaban J connectivity index is 0.00000180. The zero-order chi connectivity index (χ0) is 12.8. The molecular weight excluding hydrogens is 264 g/mol. The SMILES string of the molecule is O=C1CCCN1CC(O)C[NH2+]Cc1ccccc1.[Cl-]. The Bertz CT molecular complexity index is 386.